The number of hydrogen-bond donors (Lipinski definition) is 1. The van der Waals surface area contributed by atoms with Gasteiger partial charge in [-0.3, -0.25) is 4.90 Å². The molecule has 0 saturated carbocycles. The Bertz CT molecular complexity index is 991. The number of amides is 1. The van der Waals surface area contributed by atoms with Gasteiger partial charge in [0.05, 0.1) is 22.7 Å². The van der Waals surface area contributed by atoms with E-state index in [-0.39, 0.29) is 5.92 Å². The van der Waals surface area contributed by atoms with Crippen LogP contribution >= 0.6 is 24.0 Å². The molecule has 1 amide bonds. The molecule has 0 fully saturated rings. The van der Waals surface area contributed by atoms with Gasteiger partial charge in [-0.2, -0.15) is 5.26 Å². The maximum absolute atomic E-state index is 12.8. The summed E-state index contributed by atoms with van der Waals surface area (Å²) < 4.78 is 7.22. The van der Waals surface area contributed by atoms with E-state index in [1.54, 1.807) is 29.2 Å². The lowest BCUT2D eigenvalue weighted by Crippen LogP contribution is -2.36. The van der Waals surface area contributed by atoms with Crippen molar-refractivity contribution in [2.24, 2.45) is 5.92 Å². The van der Waals surface area contributed by atoms with Gasteiger partial charge in [0.15, 0.2) is 0 Å². The van der Waals surface area contributed by atoms with Crippen molar-refractivity contribution < 1.29 is 9.53 Å². The highest BCUT2D eigenvalue weighted by molar-refractivity contribution is 7.82. The van der Waals surface area contributed by atoms with E-state index in [2.05, 4.69) is 23.7 Å². The van der Waals surface area contributed by atoms with Gasteiger partial charge in [-0.1, -0.05) is 26.0 Å². The number of rotatable bonds is 5. The quantitative estimate of drug-likeness (QED) is 0.592. The number of anilines is 1. The summed E-state index contributed by atoms with van der Waals surface area (Å²) in [6.07, 6.45) is -0.109. The minimum absolute atomic E-state index is 0.271. The van der Waals surface area contributed by atoms with Crippen molar-refractivity contribution >= 4 is 46.0 Å². The first-order valence-corrected chi connectivity index (χ1v) is 9.77. The number of hydrogen-bond acceptors (Lipinski definition) is 6. The number of nitrogens with zero attached hydrogens (tertiary/aromatic N) is 3. The smallest absolute Gasteiger partial charge is 0.410 e. The molecule has 138 valence electrons. The highest BCUT2D eigenvalue weighted by Gasteiger charge is 2.20. The lowest BCUT2D eigenvalue weighted by atomic mass is 10.2. The number of aromatic nitrogens is 1. The van der Waals surface area contributed by atoms with Gasteiger partial charge in [-0.25, -0.2) is 9.78 Å². The molecule has 0 aliphatic carbocycles. The van der Waals surface area contributed by atoms with Crippen LogP contribution in [-0.4, -0.2) is 17.6 Å². The molecule has 0 aliphatic heterocycles. The average molecular weight is 398 g/mol. The number of fused-ring (bicyclic) bond motifs is 1. The van der Waals surface area contributed by atoms with Crippen LogP contribution in [0.25, 0.3) is 10.2 Å². The van der Waals surface area contributed by atoms with Crippen LogP contribution in [-0.2, 0) is 6.42 Å². The molecule has 27 heavy (non-hydrogen) atoms. The summed E-state index contributed by atoms with van der Waals surface area (Å²) in [6.45, 7) is 4.63. The van der Waals surface area contributed by atoms with Gasteiger partial charge in [0.25, 0.3) is 0 Å². The van der Waals surface area contributed by atoms with E-state index in [9.17, 15) is 4.79 Å². The van der Waals surface area contributed by atoms with E-state index in [0.29, 0.717) is 23.1 Å². The zero-order chi connectivity index (χ0) is 19.4. The number of thiazole rings is 1. The van der Waals surface area contributed by atoms with Crippen LogP contribution in [0.2, 0.25) is 0 Å². The lowest BCUT2D eigenvalue weighted by molar-refractivity contribution is 0.206. The molecule has 0 atom stereocenters. The molecule has 7 heteroatoms. The van der Waals surface area contributed by atoms with Crippen LogP contribution in [0.3, 0.4) is 0 Å². The number of thiol groups is 1. The van der Waals surface area contributed by atoms with Crippen molar-refractivity contribution in [3.05, 3.63) is 48.0 Å². The minimum Gasteiger partial charge on any atom is -0.410 e. The Morgan fingerprint density at radius 1 is 1.30 bits per heavy atom. The number of ether oxygens (including phenoxy) is 1. The Morgan fingerprint density at radius 3 is 2.70 bits per heavy atom. The Kier molecular flexibility index (Phi) is 5.99. The minimum atomic E-state index is -0.438. The molecule has 0 radical (unpaired) electrons. The molecule has 5 nitrogen and oxygen atoms in total. The monoisotopic (exact) mass is 397 g/mol. The van der Waals surface area contributed by atoms with Crippen LogP contribution in [0.4, 0.5) is 10.5 Å². The van der Waals surface area contributed by atoms with E-state index in [0.717, 1.165) is 21.5 Å². The molecule has 0 unspecified atom stereocenters. The first-order valence-electron chi connectivity index (χ1n) is 8.51. The number of nitriles is 1. The Balaban J connectivity index is 1.84. The first kappa shape index (κ1) is 19.2. The highest BCUT2D eigenvalue weighted by Crippen LogP contribution is 2.29. The topological polar surface area (TPSA) is 66.2 Å². The normalized spacial score (nSPS) is 10.8. The predicted octanol–water partition coefficient (Wildman–Crippen LogP) is 5.31. The van der Waals surface area contributed by atoms with Crippen molar-refractivity contribution in [2.75, 3.05) is 11.4 Å². The summed E-state index contributed by atoms with van der Waals surface area (Å²) in [5.41, 5.74) is 2.51. The van der Waals surface area contributed by atoms with E-state index >= 15 is 0 Å². The second-order valence-corrected chi connectivity index (χ2v) is 8.26. The molecule has 0 spiro atoms. The Labute approximate surface area is 167 Å². The highest BCUT2D eigenvalue weighted by atomic mass is 32.2. The molecule has 0 bridgehead atoms. The maximum atomic E-state index is 12.8. The molecular formula is C20H19N3O2S2. The maximum Gasteiger partial charge on any atom is 0.419 e. The summed E-state index contributed by atoms with van der Waals surface area (Å²) in [5.74, 6) is 0.722. The van der Waals surface area contributed by atoms with Gasteiger partial charge in [0, 0.05) is 12.2 Å². The zero-order valence-corrected chi connectivity index (χ0v) is 16.8. The molecule has 1 aromatic heterocycles. The zero-order valence-electron chi connectivity index (χ0n) is 15.0. The van der Waals surface area contributed by atoms with Crippen molar-refractivity contribution in [3.63, 3.8) is 0 Å². The largest absolute Gasteiger partial charge is 0.419 e. The van der Waals surface area contributed by atoms with Crippen molar-refractivity contribution in [1.82, 2.24) is 4.98 Å². The third-order valence-electron chi connectivity index (χ3n) is 3.85. The molecule has 3 rings (SSSR count). The number of carbonyl (C=O) groups is 1. The number of benzene rings is 2. The van der Waals surface area contributed by atoms with E-state index in [1.165, 1.54) is 11.3 Å². The van der Waals surface area contributed by atoms with Gasteiger partial charge in [-0.15, -0.1) is 24.0 Å². The van der Waals surface area contributed by atoms with Crippen LogP contribution < -0.4 is 9.64 Å². The van der Waals surface area contributed by atoms with Crippen LogP contribution in [0, 0.1) is 17.2 Å². The number of carbonyl (C=O) groups excluding carboxylic acids is 1. The summed E-state index contributed by atoms with van der Waals surface area (Å²) in [6, 6.07) is 14.8. The second kappa shape index (κ2) is 8.42. The third kappa shape index (κ3) is 4.79. The summed E-state index contributed by atoms with van der Waals surface area (Å²) >= 11 is 5.77. The van der Waals surface area contributed by atoms with Gasteiger partial charge in [-0.05, 0) is 41.8 Å². The SMILES string of the molecule is CC(C)CN(C(=O)Oc1ccc(CC#N)cc1)c1ccc2nc(S)sc2c1. The van der Waals surface area contributed by atoms with E-state index in [4.69, 9.17) is 10.00 Å². The van der Waals surface area contributed by atoms with Gasteiger partial charge in [0.2, 0.25) is 0 Å². The molecule has 3 aromatic rings. The first-order chi connectivity index (χ1) is 13.0. The second-order valence-electron chi connectivity index (χ2n) is 6.50. The Hall–Kier alpha value is -2.56. The molecular weight excluding hydrogens is 378 g/mol. The lowest BCUT2D eigenvalue weighted by Gasteiger charge is -2.24. The fourth-order valence-corrected chi connectivity index (χ4v) is 3.78. The van der Waals surface area contributed by atoms with Gasteiger partial charge in [0.1, 0.15) is 10.1 Å². The average Bonchev–Trinajstić information content (AvgIpc) is 3.00. The summed E-state index contributed by atoms with van der Waals surface area (Å²) in [4.78, 5) is 18.8. The third-order valence-corrected chi connectivity index (χ3v) is 5.05. The summed E-state index contributed by atoms with van der Waals surface area (Å²) in [7, 11) is 0. The van der Waals surface area contributed by atoms with E-state index in [1.807, 2.05) is 32.0 Å². The fraction of sp³-hybridized carbons (Fsp3) is 0.250. The standard InChI is InChI=1S/C20H19N3O2S2/c1-13(2)12-23(15-5-8-17-18(11-15)27-19(26)22-17)20(24)25-16-6-3-14(4-7-16)9-10-21/h3-8,11,13H,9,12H2,1-2H3,(H,22,26). The molecule has 1 heterocycles. The van der Waals surface area contributed by atoms with E-state index < -0.39 is 6.09 Å². The van der Waals surface area contributed by atoms with Crippen LogP contribution in [0.15, 0.2) is 46.8 Å². The van der Waals surface area contributed by atoms with Gasteiger partial charge < -0.3 is 4.74 Å². The van der Waals surface area contributed by atoms with Crippen LogP contribution in [0.1, 0.15) is 19.4 Å². The van der Waals surface area contributed by atoms with Crippen molar-refractivity contribution in [3.8, 4) is 11.8 Å². The van der Waals surface area contributed by atoms with Crippen LogP contribution in [0.5, 0.6) is 5.75 Å². The molecule has 0 aliphatic rings. The fourth-order valence-electron chi connectivity index (χ4n) is 2.64. The van der Waals surface area contributed by atoms with Crippen molar-refractivity contribution in [2.45, 2.75) is 24.6 Å². The predicted molar refractivity (Wildman–Crippen MR) is 111 cm³/mol. The molecule has 0 saturated heterocycles. The van der Waals surface area contributed by atoms with Gasteiger partial charge >= 0.3 is 6.09 Å². The van der Waals surface area contributed by atoms with Crippen molar-refractivity contribution in [1.29, 1.82) is 5.26 Å². The molecule has 0 N–H and O–H groups in total. The summed E-state index contributed by atoms with van der Waals surface area (Å²) in [5, 5.41) is 8.74. The molecule has 2 aromatic carbocycles. The Morgan fingerprint density at radius 2 is 2.04 bits per heavy atom.